The molecule has 0 saturated carbocycles. The Balaban J connectivity index is 3.49. The van der Waals surface area contributed by atoms with E-state index in [1.165, 1.54) is 18.2 Å². The van der Waals surface area contributed by atoms with Crippen LogP contribution in [0.4, 0.5) is 11.4 Å². The maximum atomic E-state index is 11.1. The van der Waals surface area contributed by atoms with Gasteiger partial charge in [0.1, 0.15) is 5.69 Å². The number of hydrogen-bond donors (Lipinski definition) is 1. The molecule has 6 nitrogen and oxygen atoms in total. The molecular weight excluding hydrogens is 224 g/mol. The average molecular weight is 238 g/mol. The average Bonchev–Trinajstić information content (AvgIpc) is 2.26. The van der Waals surface area contributed by atoms with E-state index in [2.05, 4.69) is 0 Å². The van der Waals surface area contributed by atoms with E-state index in [0.717, 1.165) is 0 Å². The monoisotopic (exact) mass is 238 g/mol. The number of nitro groups is 1. The number of aromatic carboxylic acids is 1. The third-order valence-corrected chi connectivity index (χ3v) is 2.57. The van der Waals surface area contributed by atoms with Gasteiger partial charge in [-0.05, 0) is 19.9 Å². The molecule has 0 bridgehead atoms. The minimum Gasteiger partial charge on any atom is -0.478 e. The second-order valence-electron chi connectivity index (χ2n) is 3.94. The Hall–Kier alpha value is -2.11. The first kappa shape index (κ1) is 13.0. The van der Waals surface area contributed by atoms with Gasteiger partial charge in [-0.3, -0.25) is 10.1 Å². The van der Waals surface area contributed by atoms with Crippen LogP contribution in [0.5, 0.6) is 0 Å². The second-order valence-corrected chi connectivity index (χ2v) is 3.94. The highest BCUT2D eigenvalue weighted by Gasteiger charge is 2.25. The van der Waals surface area contributed by atoms with Crippen molar-refractivity contribution in [2.24, 2.45) is 0 Å². The summed E-state index contributed by atoms with van der Waals surface area (Å²) in [5, 5.41) is 20.0. The van der Waals surface area contributed by atoms with Crippen LogP contribution in [-0.4, -0.2) is 29.1 Å². The van der Waals surface area contributed by atoms with Gasteiger partial charge in [-0.2, -0.15) is 0 Å². The molecule has 0 aromatic heterocycles. The van der Waals surface area contributed by atoms with Crippen molar-refractivity contribution in [2.45, 2.75) is 19.9 Å². The van der Waals surface area contributed by atoms with Gasteiger partial charge in [0.25, 0.3) is 5.69 Å². The number of nitrogens with zero attached hydrogens (tertiary/aromatic N) is 2. The lowest BCUT2D eigenvalue weighted by atomic mass is 10.1. The van der Waals surface area contributed by atoms with Crippen molar-refractivity contribution in [1.29, 1.82) is 0 Å². The van der Waals surface area contributed by atoms with Gasteiger partial charge in [0, 0.05) is 19.2 Å². The highest BCUT2D eigenvalue weighted by atomic mass is 16.6. The zero-order valence-corrected chi connectivity index (χ0v) is 9.88. The van der Waals surface area contributed by atoms with Crippen molar-refractivity contribution < 1.29 is 14.8 Å². The van der Waals surface area contributed by atoms with Gasteiger partial charge in [0.15, 0.2) is 0 Å². The molecule has 0 fully saturated rings. The Morgan fingerprint density at radius 2 is 2.06 bits per heavy atom. The Bertz CT molecular complexity index is 425. The molecule has 0 radical (unpaired) electrons. The van der Waals surface area contributed by atoms with E-state index < -0.39 is 10.9 Å². The molecule has 1 N–H and O–H groups in total. The molecule has 0 aliphatic carbocycles. The van der Waals surface area contributed by atoms with Gasteiger partial charge in [0.2, 0.25) is 0 Å². The summed E-state index contributed by atoms with van der Waals surface area (Å²) in [6.45, 7) is 3.67. The van der Waals surface area contributed by atoms with Gasteiger partial charge >= 0.3 is 5.97 Å². The molecule has 0 saturated heterocycles. The van der Waals surface area contributed by atoms with Crippen LogP contribution in [-0.2, 0) is 0 Å². The number of nitro benzene ring substituents is 1. The quantitative estimate of drug-likeness (QED) is 0.641. The number of carbonyl (C=O) groups is 1. The third-order valence-electron chi connectivity index (χ3n) is 2.57. The SMILES string of the molecule is CC(C)N(C)c1c(C(=O)O)cccc1[N+](=O)[O-]. The van der Waals surface area contributed by atoms with E-state index in [1.54, 1.807) is 11.9 Å². The molecule has 0 unspecified atom stereocenters. The standard InChI is InChI=1S/C11H14N2O4/c1-7(2)12(3)10-8(11(14)15)5-4-6-9(10)13(16)17/h4-7H,1-3H3,(H,14,15). The Labute approximate surface area is 98.6 Å². The predicted octanol–water partition coefficient (Wildman–Crippen LogP) is 2.14. The molecule has 0 amide bonds. The fourth-order valence-electron chi connectivity index (χ4n) is 1.48. The molecule has 6 heteroatoms. The number of anilines is 1. The fraction of sp³-hybridized carbons (Fsp3) is 0.364. The van der Waals surface area contributed by atoms with Crippen LogP contribution >= 0.6 is 0 Å². The maximum absolute atomic E-state index is 11.1. The highest BCUT2D eigenvalue weighted by Crippen LogP contribution is 2.32. The number of benzene rings is 1. The summed E-state index contributed by atoms with van der Waals surface area (Å²) in [5.41, 5.74) is -0.114. The maximum Gasteiger partial charge on any atom is 0.338 e. The summed E-state index contributed by atoms with van der Waals surface area (Å²) < 4.78 is 0. The van der Waals surface area contributed by atoms with Crippen molar-refractivity contribution in [3.8, 4) is 0 Å². The smallest absolute Gasteiger partial charge is 0.338 e. The van der Waals surface area contributed by atoms with Crippen molar-refractivity contribution in [1.82, 2.24) is 0 Å². The lowest BCUT2D eigenvalue weighted by Gasteiger charge is -2.24. The lowest BCUT2D eigenvalue weighted by molar-refractivity contribution is -0.384. The Morgan fingerprint density at radius 1 is 1.47 bits per heavy atom. The van der Waals surface area contributed by atoms with Gasteiger partial charge in [0.05, 0.1) is 10.5 Å². The molecular formula is C11H14N2O4. The van der Waals surface area contributed by atoms with E-state index in [9.17, 15) is 14.9 Å². The van der Waals surface area contributed by atoms with Crippen molar-refractivity contribution >= 4 is 17.3 Å². The molecule has 92 valence electrons. The van der Waals surface area contributed by atoms with Gasteiger partial charge in [-0.15, -0.1) is 0 Å². The zero-order valence-electron chi connectivity index (χ0n) is 9.88. The third kappa shape index (κ3) is 2.52. The normalized spacial score (nSPS) is 10.4. The first-order valence-corrected chi connectivity index (χ1v) is 5.09. The number of para-hydroxylation sites is 1. The van der Waals surface area contributed by atoms with Crippen LogP contribution in [0.3, 0.4) is 0 Å². The van der Waals surface area contributed by atoms with E-state index in [0.29, 0.717) is 0 Å². The summed E-state index contributed by atoms with van der Waals surface area (Å²) >= 11 is 0. The summed E-state index contributed by atoms with van der Waals surface area (Å²) in [5.74, 6) is -1.17. The number of hydrogen-bond acceptors (Lipinski definition) is 4. The summed E-state index contributed by atoms with van der Waals surface area (Å²) in [4.78, 5) is 23.0. The van der Waals surface area contributed by atoms with Crippen LogP contribution < -0.4 is 4.90 Å². The van der Waals surface area contributed by atoms with Gasteiger partial charge in [-0.25, -0.2) is 4.79 Å². The molecule has 0 heterocycles. The highest BCUT2D eigenvalue weighted by molar-refractivity contribution is 5.97. The second kappa shape index (κ2) is 4.82. The molecule has 1 rings (SSSR count). The van der Waals surface area contributed by atoms with E-state index in [4.69, 9.17) is 5.11 Å². The fourth-order valence-corrected chi connectivity index (χ4v) is 1.48. The molecule has 1 aromatic carbocycles. The Kier molecular flexibility index (Phi) is 3.67. The first-order valence-electron chi connectivity index (χ1n) is 5.09. The van der Waals surface area contributed by atoms with Crippen molar-refractivity contribution in [3.05, 3.63) is 33.9 Å². The first-order chi connectivity index (χ1) is 7.86. The summed E-state index contributed by atoms with van der Waals surface area (Å²) in [6, 6.07) is 4.01. The topological polar surface area (TPSA) is 83.7 Å². The molecule has 1 aromatic rings. The number of rotatable bonds is 4. The van der Waals surface area contributed by atoms with Crippen LogP contribution in [0.1, 0.15) is 24.2 Å². The largest absolute Gasteiger partial charge is 0.478 e. The Morgan fingerprint density at radius 3 is 2.47 bits per heavy atom. The molecule has 0 aliphatic rings. The van der Waals surface area contributed by atoms with Crippen LogP contribution in [0.2, 0.25) is 0 Å². The van der Waals surface area contributed by atoms with Crippen LogP contribution in [0.15, 0.2) is 18.2 Å². The molecule has 0 atom stereocenters. The minimum atomic E-state index is -1.17. The van der Waals surface area contributed by atoms with Crippen molar-refractivity contribution in [3.63, 3.8) is 0 Å². The summed E-state index contributed by atoms with van der Waals surface area (Å²) in [6.07, 6.45) is 0. The van der Waals surface area contributed by atoms with E-state index in [1.807, 2.05) is 13.8 Å². The predicted molar refractivity (Wildman–Crippen MR) is 63.6 cm³/mol. The zero-order chi connectivity index (χ0) is 13.2. The molecule has 0 spiro atoms. The van der Waals surface area contributed by atoms with Crippen LogP contribution in [0.25, 0.3) is 0 Å². The van der Waals surface area contributed by atoms with Crippen molar-refractivity contribution in [2.75, 3.05) is 11.9 Å². The van der Waals surface area contributed by atoms with Crippen LogP contribution in [0, 0.1) is 10.1 Å². The van der Waals surface area contributed by atoms with E-state index >= 15 is 0 Å². The number of carboxylic acids is 1. The van der Waals surface area contributed by atoms with E-state index in [-0.39, 0.29) is 23.0 Å². The minimum absolute atomic E-state index is 0.0331. The lowest BCUT2D eigenvalue weighted by Crippen LogP contribution is -2.28. The molecule has 0 aliphatic heterocycles. The molecule has 17 heavy (non-hydrogen) atoms. The van der Waals surface area contributed by atoms with Gasteiger partial charge in [-0.1, -0.05) is 6.07 Å². The van der Waals surface area contributed by atoms with Gasteiger partial charge < -0.3 is 10.0 Å². The number of carboxylic acid groups (broad SMARTS) is 1. The summed E-state index contributed by atoms with van der Waals surface area (Å²) in [7, 11) is 1.64.